The lowest BCUT2D eigenvalue weighted by Gasteiger charge is -2.01. The van der Waals surface area contributed by atoms with E-state index in [1.165, 1.54) is 12.1 Å². The second-order valence-corrected chi connectivity index (χ2v) is 4.32. The highest BCUT2D eigenvalue weighted by Crippen LogP contribution is 2.28. The van der Waals surface area contributed by atoms with Gasteiger partial charge in [-0.3, -0.25) is 0 Å². The zero-order chi connectivity index (χ0) is 15.1. The molecule has 0 saturated carbocycles. The fourth-order valence-electron chi connectivity index (χ4n) is 1.65. The molecule has 0 aliphatic rings. The molecule has 0 aromatic heterocycles. The standard InChI is InChI=1S/2C8H10O2/c1-2-6-3-4-7(9)8(10)5-6;1-2-6-4-3-5-7(9)8(6)10/h2*3-5,9-10H,2H2,1H3. The van der Waals surface area contributed by atoms with E-state index in [2.05, 4.69) is 0 Å². The number of para-hydroxylation sites is 1. The number of rotatable bonds is 2. The first-order chi connectivity index (χ1) is 9.49. The normalized spacial score (nSPS) is 9.70. The number of benzene rings is 2. The second kappa shape index (κ2) is 7.28. The van der Waals surface area contributed by atoms with Crippen LogP contribution in [0.25, 0.3) is 0 Å². The van der Waals surface area contributed by atoms with Gasteiger partial charge in [-0.1, -0.05) is 32.0 Å². The summed E-state index contributed by atoms with van der Waals surface area (Å²) in [6.07, 6.45) is 1.61. The molecule has 0 spiro atoms. The van der Waals surface area contributed by atoms with Gasteiger partial charge in [0.05, 0.1) is 0 Å². The number of hydrogen-bond acceptors (Lipinski definition) is 4. The van der Waals surface area contributed by atoms with E-state index in [0.29, 0.717) is 0 Å². The van der Waals surface area contributed by atoms with Gasteiger partial charge in [0.2, 0.25) is 0 Å². The summed E-state index contributed by atoms with van der Waals surface area (Å²) >= 11 is 0. The molecule has 0 saturated heterocycles. The van der Waals surface area contributed by atoms with Crippen LogP contribution < -0.4 is 0 Å². The zero-order valence-electron chi connectivity index (χ0n) is 11.7. The molecule has 0 aliphatic carbocycles. The first-order valence-corrected chi connectivity index (χ1v) is 6.50. The Morgan fingerprint density at radius 3 is 1.95 bits per heavy atom. The Morgan fingerprint density at radius 2 is 1.45 bits per heavy atom. The summed E-state index contributed by atoms with van der Waals surface area (Å²) in [5, 5.41) is 36.0. The molecule has 0 aliphatic heterocycles. The summed E-state index contributed by atoms with van der Waals surface area (Å²) in [4.78, 5) is 0. The summed E-state index contributed by atoms with van der Waals surface area (Å²) in [5.41, 5.74) is 1.80. The molecule has 108 valence electrons. The van der Waals surface area contributed by atoms with Crippen LogP contribution >= 0.6 is 0 Å². The maximum atomic E-state index is 9.15. The van der Waals surface area contributed by atoms with Gasteiger partial charge in [0.25, 0.3) is 0 Å². The van der Waals surface area contributed by atoms with Crippen molar-refractivity contribution in [1.82, 2.24) is 0 Å². The molecule has 0 heterocycles. The van der Waals surface area contributed by atoms with Crippen LogP contribution in [0.2, 0.25) is 0 Å². The highest BCUT2D eigenvalue weighted by atomic mass is 16.3. The number of phenolic OH excluding ortho intramolecular Hbond substituents is 4. The Bertz CT molecular complexity index is 564. The molecule has 20 heavy (non-hydrogen) atoms. The third-order valence-electron chi connectivity index (χ3n) is 2.93. The predicted molar refractivity (Wildman–Crippen MR) is 78.3 cm³/mol. The Hall–Kier alpha value is -2.36. The minimum absolute atomic E-state index is 0.00463. The number of hydrogen-bond donors (Lipinski definition) is 4. The van der Waals surface area contributed by atoms with Gasteiger partial charge in [-0.05, 0) is 42.2 Å². The molecule has 0 amide bonds. The van der Waals surface area contributed by atoms with Crippen molar-refractivity contribution < 1.29 is 20.4 Å². The van der Waals surface area contributed by atoms with Crippen molar-refractivity contribution in [3.8, 4) is 23.0 Å². The van der Waals surface area contributed by atoms with E-state index in [9.17, 15) is 0 Å². The van der Waals surface area contributed by atoms with E-state index in [1.807, 2.05) is 13.8 Å². The van der Waals surface area contributed by atoms with Gasteiger partial charge in [0.15, 0.2) is 23.0 Å². The second-order valence-electron chi connectivity index (χ2n) is 4.32. The Balaban J connectivity index is 0.000000200. The maximum absolute atomic E-state index is 9.15. The van der Waals surface area contributed by atoms with Crippen molar-refractivity contribution >= 4 is 0 Å². The first kappa shape index (κ1) is 15.7. The molecular weight excluding hydrogens is 256 g/mol. The van der Waals surface area contributed by atoms with Crippen LogP contribution in [0.4, 0.5) is 0 Å². The van der Waals surface area contributed by atoms with Gasteiger partial charge >= 0.3 is 0 Å². The van der Waals surface area contributed by atoms with E-state index in [-0.39, 0.29) is 23.0 Å². The van der Waals surface area contributed by atoms with Crippen LogP contribution in [-0.2, 0) is 12.8 Å². The minimum Gasteiger partial charge on any atom is -0.504 e. The topological polar surface area (TPSA) is 80.9 Å². The lowest BCUT2D eigenvalue weighted by atomic mass is 10.1. The van der Waals surface area contributed by atoms with E-state index < -0.39 is 0 Å². The Morgan fingerprint density at radius 1 is 0.750 bits per heavy atom. The molecule has 2 aromatic rings. The van der Waals surface area contributed by atoms with Gasteiger partial charge in [-0.25, -0.2) is 0 Å². The van der Waals surface area contributed by atoms with Gasteiger partial charge in [0.1, 0.15) is 0 Å². The summed E-state index contributed by atoms with van der Waals surface area (Å²) in [5.74, 6) is -0.138. The van der Waals surface area contributed by atoms with Crippen LogP contribution in [0, 0.1) is 0 Å². The largest absolute Gasteiger partial charge is 0.504 e. The average Bonchev–Trinajstić information content (AvgIpc) is 2.45. The third-order valence-corrected chi connectivity index (χ3v) is 2.93. The Labute approximate surface area is 118 Å². The fourth-order valence-corrected chi connectivity index (χ4v) is 1.65. The fraction of sp³-hybridized carbons (Fsp3) is 0.250. The molecule has 0 bridgehead atoms. The lowest BCUT2D eigenvalue weighted by Crippen LogP contribution is -1.79. The van der Waals surface area contributed by atoms with Crippen LogP contribution in [0.5, 0.6) is 23.0 Å². The lowest BCUT2D eigenvalue weighted by molar-refractivity contribution is 0.400. The predicted octanol–water partition coefficient (Wildman–Crippen LogP) is 3.32. The molecule has 4 N–H and O–H groups in total. The Kier molecular flexibility index (Phi) is 5.72. The molecular formula is C16H20O4. The number of phenols is 4. The van der Waals surface area contributed by atoms with Gasteiger partial charge in [-0.15, -0.1) is 0 Å². The molecule has 0 radical (unpaired) electrons. The first-order valence-electron chi connectivity index (χ1n) is 6.50. The van der Waals surface area contributed by atoms with Crippen molar-refractivity contribution in [1.29, 1.82) is 0 Å². The molecule has 0 unspecified atom stereocenters. The van der Waals surface area contributed by atoms with E-state index in [0.717, 1.165) is 24.0 Å². The maximum Gasteiger partial charge on any atom is 0.160 e. The number of aryl methyl sites for hydroxylation is 2. The highest BCUT2D eigenvalue weighted by Gasteiger charge is 2.01. The van der Waals surface area contributed by atoms with Crippen molar-refractivity contribution in [2.24, 2.45) is 0 Å². The summed E-state index contributed by atoms with van der Waals surface area (Å²) in [7, 11) is 0. The summed E-state index contributed by atoms with van der Waals surface area (Å²) < 4.78 is 0. The van der Waals surface area contributed by atoms with Crippen molar-refractivity contribution in [2.45, 2.75) is 26.7 Å². The molecule has 2 rings (SSSR count). The molecule has 4 nitrogen and oxygen atoms in total. The van der Waals surface area contributed by atoms with E-state index in [4.69, 9.17) is 20.4 Å². The summed E-state index contributed by atoms with van der Waals surface area (Å²) in [6, 6.07) is 9.82. The van der Waals surface area contributed by atoms with Crippen molar-refractivity contribution in [2.75, 3.05) is 0 Å². The smallest absolute Gasteiger partial charge is 0.160 e. The highest BCUT2D eigenvalue weighted by molar-refractivity contribution is 5.44. The molecule has 0 atom stereocenters. The van der Waals surface area contributed by atoms with E-state index in [1.54, 1.807) is 24.3 Å². The van der Waals surface area contributed by atoms with Crippen LogP contribution in [-0.4, -0.2) is 20.4 Å². The third kappa shape index (κ3) is 4.09. The van der Waals surface area contributed by atoms with Crippen LogP contribution in [0.15, 0.2) is 36.4 Å². The number of aromatic hydroxyl groups is 4. The van der Waals surface area contributed by atoms with Gasteiger partial charge in [0, 0.05) is 0 Å². The molecule has 4 heteroatoms. The van der Waals surface area contributed by atoms with Crippen LogP contribution in [0.1, 0.15) is 25.0 Å². The van der Waals surface area contributed by atoms with Gasteiger partial charge in [-0.2, -0.15) is 0 Å². The van der Waals surface area contributed by atoms with Crippen molar-refractivity contribution in [3.63, 3.8) is 0 Å². The molecule has 0 fully saturated rings. The minimum atomic E-state index is -0.0581. The van der Waals surface area contributed by atoms with Gasteiger partial charge < -0.3 is 20.4 Å². The summed E-state index contributed by atoms with van der Waals surface area (Å²) in [6.45, 7) is 3.92. The zero-order valence-corrected chi connectivity index (χ0v) is 11.7. The quantitative estimate of drug-likeness (QED) is 0.634. The SMILES string of the molecule is CCc1ccc(O)c(O)c1.CCc1cccc(O)c1O. The van der Waals surface area contributed by atoms with E-state index >= 15 is 0 Å². The average molecular weight is 276 g/mol. The van der Waals surface area contributed by atoms with Crippen molar-refractivity contribution in [3.05, 3.63) is 47.5 Å². The molecule has 2 aromatic carbocycles. The monoisotopic (exact) mass is 276 g/mol. The van der Waals surface area contributed by atoms with Crippen LogP contribution in [0.3, 0.4) is 0 Å².